The molecule has 0 spiro atoms. The molecule has 0 amide bonds. The van der Waals surface area contributed by atoms with Crippen LogP contribution in [0.4, 0.5) is 5.82 Å². The SMILES string of the molecule is CCc1nc(NN)cc(Sc2nncn2C)n1. The molecule has 0 aliphatic rings. The molecule has 0 aliphatic heterocycles. The van der Waals surface area contributed by atoms with E-state index in [9.17, 15) is 0 Å². The summed E-state index contributed by atoms with van der Waals surface area (Å²) in [6.07, 6.45) is 2.40. The maximum absolute atomic E-state index is 5.36. The molecular weight excluding hydrogens is 238 g/mol. The summed E-state index contributed by atoms with van der Waals surface area (Å²) in [4.78, 5) is 8.61. The summed E-state index contributed by atoms with van der Waals surface area (Å²) >= 11 is 1.42. The number of aromatic nitrogens is 5. The van der Waals surface area contributed by atoms with Gasteiger partial charge in [0.05, 0.1) is 0 Å². The van der Waals surface area contributed by atoms with Gasteiger partial charge in [-0.1, -0.05) is 6.92 Å². The fraction of sp³-hybridized carbons (Fsp3) is 0.333. The van der Waals surface area contributed by atoms with Gasteiger partial charge >= 0.3 is 0 Å². The minimum atomic E-state index is 0.599. The smallest absolute Gasteiger partial charge is 0.197 e. The van der Waals surface area contributed by atoms with E-state index in [1.807, 2.05) is 18.5 Å². The van der Waals surface area contributed by atoms with Crippen molar-refractivity contribution < 1.29 is 0 Å². The molecule has 0 atom stereocenters. The van der Waals surface area contributed by atoms with Crippen LogP contribution in [0.3, 0.4) is 0 Å². The number of hydrogen-bond donors (Lipinski definition) is 2. The van der Waals surface area contributed by atoms with Crippen molar-refractivity contribution in [2.45, 2.75) is 23.5 Å². The summed E-state index contributed by atoms with van der Waals surface area (Å²) < 4.78 is 1.83. The summed E-state index contributed by atoms with van der Waals surface area (Å²) in [7, 11) is 1.88. The lowest BCUT2D eigenvalue weighted by molar-refractivity contribution is 0.785. The third-order valence-electron chi connectivity index (χ3n) is 2.08. The van der Waals surface area contributed by atoms with Gasteiger partial charge in [-0.25, -0.2) is 15.8 Å². The second-order valence-corrected chi connectivity index (χ2v) is 4.32. The first-order valence-corrected chi connectivity index (χ1v) is 5.91. The third kappa shape index (κ3) is 2.71. The first-order valence-electron chi connectivity index (χ1n) is 5.09. The molecule has 17 heavy (non-hydrogen) atoms. The van der Waals surface area contributed by atoms with E-state index in [0.29, 0.717) is 5.82 Å². The first-order chi connectivity index (χ1) is 8.22. The maximum atomic E-state index is 5.36. The van der Waals surface area contributed by atoms with Crippen LogP contribution in [-0.2, 0) is 13.5 Å². The molecule has 3 N–H and O–H groups in total. The van der Waals surface area contributed by atoms with Crippen molar-refractivity contribution in [1.29, 1.82) is 0 Å². The second-order valence-electron chi connectivity index (χ2n) is 3.33. The molecule has 0 saturated carbocycles. The van der Waals surface area contributed by atoms with Gasteiger partial charge in [0.15, 0.2) is 5.16 Å². The van der Waals surface area contributed by atoms with Gasteiger partial charge in [-0.2, -0.15) is 0 Å². The van der Waals surface area contributed by atoms with Crippen LogP contribution < -0.4 is 11.3 Å². The van der Waals surface area contributed by atoms with Crippen LogP contribution in [0.15, 0.2) is 22.6 Å². The highest BCUT2D eigenvalue weighted by Crippen LogP contribution is 2.24. The number of aryl methyl sites for hydroxylation is 2. The van der Waals surface area contributed by atoms with E-state index in [-0.39, 0.29) is 0 Å². The van der Waals surface area contributed by atoms with E-state index >= 15 is 0 Å². The minimum absolute atomic E-state index is 0.599. The molecule has 2 heterocycles. The van der Waals surface area contributed by atoms with Crippen LogP contribution in [0.2, 0.25) is 0 Å². The summed E-state index contributed by atoms with van der Waals surface area (Å²) in [5, 5.41) is 9.36. The zero-order chi connectivity index (χ0) is 12.3. The van der Waals surface area contributed by atoms with Crippen LogP contribution in [0, 0.1) is 0 Å². The lowest BCUT2D eigenvalue weighted by atomic mass is 10.4. The van der Waals surface area contributed by atoms with Crippen LogP contribution >= 0.6 is 11.8 Å². The topological polar surface area (TPSA) is 94.5 Å². The third-order valence-corrected chi connectivity index (χ3v) is 3.05. The molecule has 0 unspecified atom stereocenters. The average Bonchev–Trinajstić information content (AvgIpc) is 2.74. The summed E-state index contributed by atoms with van der Waals surface area (Å²) in [6.45, 7) is 1.99. The van der Waals surface area contributed by atoms with Crippen LogP contribution in [-0.4, -0.2) is 24.7 Å². The number of nitrogens with zero attached hydrogens (tertiary/aromatic N) is 5. The molecule has 0 saturated heterocycles. The van der Waals surface area contributed by atoms with Crippen molar-refractivity contribution in [1.82, 2.24) is 24.7 Å². The molecular formula is C9H13N7S. The Morgan fingerprint density at radius 3 is 2.88 bits per heavy atom. The van der Waals surface area contributed by atoms with Gasteiger partial charge in [-0.3, -0.25) is 0 Å². The molecule has 0 aromatic carbocycles. The number of hydrogen-bond acceptors (Lipinski definition) is 7. The van der Waals surface area contributed by atoms with Crippen molar-refractivity contribution >= 4 is 17.6 Å². The molecule has 7 nitrogen and oxygen atoms in total. The van der Waals surface area contributed by atoms with Gasteiger partial charge in [0.2, 0.25) is 0 Å². The van der Waals surface area contributed by atoms with Crippen molar-refractivity contribution in [3.8, 4) is 0 Å². The highest BCUT2D eigenvalue weighted by molar-refractivity contribution is 7.99. The lowest BCUT2D eigenvalue weighted by Gasteiger charge is -2.05. The summed E-state index contributed by atoms with van der Waals surface area (Å²) in [5.41, 5.74) is 2.53. The molecule has 0 radical (unpaired) electrons. The zero-order valence-electron chi connectivity index (χ0n) is 9.58. The van der Waals surface area contributed by atoms with E-state index < -0.39 is 0 Å². The van der Waals surface area contributed by atoms with Gasteiger partial charge in [-0.05, 0) is 11.8 Å². The van der Waals surface area contributed by atoms with Gasteiger partial charge in [0.1, 0.15) is 23.0 Å². The fourth-order valence-corrected chi connectivity index (χ4v) is 2.00. The van der Waals surface area contributed by atoms with Crippen molar-refractivity contribution in [3.63, 3.8) is 0 Å². The Balaban J connectivity index is 2.29. The predicted octanol–water partition coefficient (Wildman–Crippen LogP) is 0.604. The average molecular weight is 251 g/mol. The Morgan fingerprint density at radius 1 is 1.47 bits per heavy atom. The molecule has 2 rings (SSSR count). The molecule has 8 heteroatoms. The van der Waals surface area contributed by atoms with Crippen LogP contribution in [0.5, 0.6) is 0 Å². The summed E-state index contributed by atoms with van der Waals surface area (Å²) in [6, 6.07) is 1.78. The second kappa shape index (κ2) is 5.11. The Kier molecular flexibility index (Phi) is 3.55. The highest BCUT2D eigenvalue weighted by Gasteiger charge is 2.08. The first kappa shape index (κ1) is 11.8. The Morgan fingerprint density at radius 2 is 2.29 bits per heavy atom. The fourth-order valence-electron chi connectivity index (χ4n) is 1.22. The number of anilines is 1. The van der Waals surface area contributed by atoms with E-state index in [1.165, 1.54) is 11.8 Å². The number of rotatable bonds is 4. The van der Waals surface area contributed by atoms with E-state index in [0.717, 1.165) is 22.4 Å². The van der Waals surface area contributed by atoms with Gasteiger partial charge in [0.25, 0.3) is 0 Å². The minimum Gasteiger partial charge on any atom is -0.311 e. The number of hydrazine groups is 1. The Labute approximate surface area is 103 Å². The number of nitrogens with one attached hydrogen (secondary N) is 1. The monoisotopic (exact) mass is 251 g/mol. The summed E-state index contributed by atoms with van der Waals surface area (Å²) in [5.74, 6) is 6.70. The lowest BCUT2D eigenvalue weighted by Crippen LogP contribution is -2.10. The van der Waals surface area contributed by atoms with Crippen LogP contribution in [0.25, 0.3) is 0 Å². The highest BCUT2D eigenvalue weighted by atomic mass is 32.2. The largest absolute Gasteiger partial charge is 0.311 e. The molecule has 2 aromatic heterocycles. The quantitative estimate of drug-likeness (QED) is 0.467. The van der Waals surface area contributed by atoms with Gasteiger partial charge in [0, 0.05) is 19.5 Å². The molecule has 2 aromatic rings. The molecule has 0 fully saturated rings. The number of nitrogens with two attached hydrogens (primary N) is 1. The van der Waals surface area contributed by atoms with Crippen molar-refractivity contribution in [3.05, 3.63) is 18.2 Å². The number of nitrogen functional groups attached to an aromatic ring is 1. The normalized spacial score (nSPS) is 10.5. The van der Waals surface area contributed by atoms with Gasteiger partial charge in [-0.15, -0.1) is 10.2 Å². The van der Waals surface area contributed by atoms with E-state index in [1.54, 1.807) is 12.4 Å². The van der Waals surface area contributed by atoms with Crippen LogP contribution in [0.1, 0.15) is 12.7 Å². The van der Waals surface area contributed by atoms with Crippen molar-refractivity contribution in [2.24, 2.45) is 12.9 Å². The maximum Gasteiger partial charge on any atom is 0.197 e. The standard InChI is InChI=1S/C9H13N7S/c1-3-6-12-7(14-10)4-8(13-6)17-9-15-11-5-16(9)2/h4-5H,3,10H2,1-2H3,(H,12,13,14). The Bertz CT molecular complexity index is 488. The molecule has 0 bridgehead atoms. The van der Waals surface area contributed by atoms with Gasteiger partial charge < -0.3 is 9.99 Å². The molecule has 90 valence electrons. The van der Waals surface area contributed by atoms with E-state index in [4.69, 9.17) is 5.84 Å². The van der Waals surface area contributed by atoms with E-state index in [2.05, 4.69) is 25.6 Å². The zero-order valence-corrected chi connectivity index (χ0v) is 10.4. The van der Waals surface area contributed by atoms with Crippen molar-refractivity contribution in [2.75, 3.05) is 5.43 Å². The Hall–Kier alpha value is -1.67. The molecule has 0 aliphatic carbocycles. The predicted molar refractivity (Wildman–Crippen MR) is 64.3 cm³/mol.